The van der Waals surface area contributed by atoms with E-state index in [4.69, 9.17) is 0 Å². The van der Waals surface area contributed by atoms with E-state index >= 15 is 0 Å². The summed E-state index contributed by atoms with van der Waals surface area (Å²) in [5.74, 6) is -2.09. The van der Waals surface area contributed by atoms with Gasteiger partial charge >= 0.3 is 0 Å². The molecule has 0 saturated carbocycles. The van der Waals surface area contributed by atoms with E-state index in [1.54, 1.807) is 18.2 Å². The van der Waals surface area contributed by atoms with Gasteiger partial charge in [-0.05, 0) is 36.6 Å². The molecule has 0 spiro atoms. The van der Waals surface area contributed by atoms with Crippen LogP contribution in [0.5, 0.6) is 0 Å². The number of nitrogens with one attached hydrogen (secondary N) is 2. The van der Waals surface area contributed by atoms with Gasteiger partial charge in [-0.25, -0.2) is 8.78 Å². The zero-order valence-corrected chi connectivity index (χ0v) is 18.3. The van der Waals surface area contributed by atoms with Gasteiger partial charge in [-0.3, -0.25) is 14.7 Å². The van der Waals surface area contributed by atoms with Gasteiger partial charge in [0.25, 0.3) is 5.91 Å². The predicted octanol–water partition coefficient (Wildman–Crippen LogP) is 4.28. The average molecular weight is 440 g/mol. The van der Waals surface area contributed by atoms with E-state index < -0.39 is 17.0 Å². The topological polar surface area (TPSA) is 78.1 Å². The zero-order valence-electron chi connectivity index (χ0n) is 18.3. The maximum Gasteiger partial charge on any atom is 0.272 e. The summed E-state index contributed by atoms with van der Waals surface area (Å²) in [6.45, 7) is 6.87. The lowest BCUT2D eigenvalue weighted by molar-refractivity contribution is -0.140. The van der Waals surface area contributed by atoms with Crippen LogP contribution in [0, 0.1) is 17.0 Å². The van der Waals surface area contributed by atoms with Crippen LogP contribution in [-0.4, -0.2) is 46.0 Å². The molecule has 6 nitrogen and oxygen atoms in total. The number of carbonyl (C=O) groups is 2. The molecule has 2 aromatic carbocycles. The Bertz CT molecular complexity index is 1170. The van der Waals surface area contributed by atoms with E-state index in [9.17, 15) is 18.4 Å². The Hall–Kier alpha value is -3.29. The van der Waals surface area contributed by atoms with E-state index in [-0.39, 0.29) is 29.1 Å². The SMILES string of the molecule is CC(C)(C)C(=O)N1CCC(NC(=O)c2n[nH]c3ccc(-c4cccc(F)c4F)cc23)CC1. The summed E-state index contributed by atoms with van der Waals surface area (Å²) in [6, 6.07) is 8.91. The Balaban J connectivity index is 1.50. The molecule has 1 fully saturated rings. The van der Waals surface area contributed by atoms with Gasteiger partial charge in [0.15, 0.2) is 17.3 Å². The molecule has 2 N–H and O–H groups in total. The molecule has 8 heteroatoms. The number of halogens is 2. The van der Waals surface area contributed by atoms with Crippen molar-refractivity contribution in [1.29, 1.82) is 0 Å². The van der Waals surface area contributed by atoms with Gasteiger partial charge in [-0.2, -0.15) is 5.10 Å². The van der Waals surface area contributed by atoms with Crippen LogP contribution in [0.3, 0.4) is 0 Å². The van der Waals surface area contributed by atoms with Gasteiger partial charge in [0.05, 0.1) is 5.52 Å². The van der Waals surface area contributed by atoms with Gasteiger partial charge in [0.1, 0.15) is 0 Å². The largest absolute Gasteiger partial charge is 0.348 e. The fraction of sp³-hybridized carbons (Fsp3) is 0.375. The van der Waals surface area contributed by atoms with Crippen LogP contribution in [-0.2, 0) is 4.79 Å². The number of rotatable bonds is 3. The third kappa shape index (κ3) is 4.22. The highest BCUT2D eigenvalue weighted by Gasteiger charge is 2.31. The number of nitrogens with zero attached hydrogens (tertiary/aromatic N) is 2. The van der Waals surface area contributed by atoms with Gasteiger partial charge < -0.3 is 10.2 Å². The molecule has 0 bridgehead atoms. The molecule has 3 aromatic rings. The average Bonchev–Trinajstić information content (AvgIpc) is 3.18. The summed E-state index contributed by atoms with van der Waals surface area (Å²) < 4.78 is 27.9. The molecule has 168 valence electrons. The Labute approximate surface area is 185 Å². The van der Waals surface area contributed by atoms with Crippen molar-refractivity contribution >= 4 is 22.7 Å². The van der Waals surface area contributed by atoms with E-state index in [0.717, 1.165) is 6.07 Å². The number of aromatic amines is 1. The predicted molar refractivity (Wildman–Crippen MR) is 118 cm³/mol. The van der Waals surface area contributed by atoms with Crippen LogP contribution in [0.2, 0.25) is 0 Å². The summed E-state index contributed by atoms with van der Waals surface area (Å²) >= 11 is 0. The van der Waals surface area contributed by atoms with Crippen molar-refractivity contribution < 1.29 is 18.4 Å². The van der Waals surface area contributed by atoms with Crippen LogP contribution in [0.4, 0.5) is 8.78 Å². The van der Waals surface area contributed by atoms with E-state index in [1.807, 2.05) is 25.7 Å². The zero-order chi connectivity index (χ0) is 23.0. The Morgan fingerprint density at radius 1 is 1.12 bits per heavy atom. The maximum absolute atomic E-state index is 14.2. The van der Waals surface area contributed by atoms with Crippen molar-refractivity contribution in [2.45, 2.75) is 39.7 Å². The molecule has 0 atom stereocenters. The number of H-pyrrole nitrogens is 1. The van der Waals surface area contributed by atoms with Gasteiger partial charge in [0, 0.05) is 35.5 Å². The monoisotopic (exact) mass is 440 g/mol. The van der Waals surface area contributed by atoms with Gasteiger partial charge in [-0.15, -0.1) is 0 Å². The van der Waals surface area contributed by atoms with Gasteiger partial charge in [-0.1, -0.05) is 39.0 Å². The molecule has 2 heterocycles. The second-order valence-corrected chi connectivity index (χ2v) is 9.22. The third-order valence-electron chi connectivity index (χ3n) is 5.80. The number of piperidine rings is 1. The highest BCUT2D eigenvalue weighted by Crippen LogP contribution is 2.28. The minimum absolute atomic E-state index is 0.0675. The Kier molecular flexibility index (Phi) is 5.71. The highest BCUT2D eigenvalue weighted by atomic mass is 19.2. The van der Waals surface area contributed by atoms with Crippen molar-refractivity contribution in [3.8, 4) is 11.1 Å². The van der Waals surface area contributed by atoms with E-state index in [1.165, 1.54) is 12.1 Å². The van der Waals surface area contributed by atoms with E-state index in [0.29, 0.717) is 42.4 Å². The molecule has 0 radical (unpaired) electrons. The van der Waals surface area contributed by atoms with Crippen molar-refractivity contribution in [2.75, 3.05) is 13.1 Å². The quantitative estimate of drug-likeness (QED) is 0.638. The lowest BCUT2D eigenvalue weighted by atomic mass is 9.93. The summed E-state index contributed by atoms with van der Waals surface area (Å²) in [5, 5.41) is 10.5. The summed E-state index contributed by atoms with van der Waals surface area (Å²) in [7, 11) is 0. The number of hydrogen-bond acceptors (Lipinski definition) is 3. The standard InChI is InChI=1S/C24H26F2N4O2/c1-24(2,3)23(32)30-11-9-15(10-12-30)27-22(31)21-17-13-14(7-8-19(17)28-29-21)16-5-4-6-18(25)20(16)26/h4-8,13,15H,9-12H2,1-3H3,(H,27,31)(H,28,29). The van der Waals surface area contributed by atoms with Gasteiger partial charge in [0.2, 0.25) is 5.91 Å². The lowest BCUT2D eigenvalue weighted by Gasteiger charge is -2.35. The molecular weight excluding hydrogens is 414 g/mol. The molecule has 1 aliphatic rings. The summed E-state index contributed by atoms with van der Waals surface area (Å²) in [6.07, 6.45) is 1.32. The molecule has 32 heavy (non-hydrogen) atoms. The highest BCUT2D eigenvalue weighted by molar-refractivity contribution is 6.05. The number of hydrogen-bond donors (Lipinski definition) is 2. The fourth-order valence-corrected chi connectivity index (χ4v) is 4.04. The minimum atomic E-state index is -0.932. The normalized spacial score (nSPS) is 15.2. The molecule has 1 aliphatic heterocycles. The Morgan fingerprint density at radius 2 is 1.84 bits per heavy atom. The first-order chi connectivity index (χ1) is 15.1. The van der Waals surface area contributed by atoms with Crippen molar-refractivity contribution in [1.82, 2.24) is 20.4 Å². The minimum Gasteiger partial charge on any atom is -0.348 e. The lowest BCUT2D eigenvalue weighted by Crippen LogP contribution is -2.49. The molecule has 0 aliphatic carbocycles. The second kappa shape index (κ2) is 8.33. The second-order valence-electron chi connectivity index (χ2n) is 9.22. The van der Waals surface area contributed by atoms with Crippen LogP contribution < -0.4 is 5.32 Å². The van der Waals surface area contributed by atoms with Crippen molar-refractivity contribution in [3.63, 3.8) is 0 Å². The van der Waals surface area contributed by atoms with Crippen molar-refractivity contribution in [3.05, 3.63) is 53.7 Å². The van der Waals surface area contributed by atoms with Crippen LogP contribution in [0.25, 0.3) is 22.0 Å². The van der Waals surface area contributed by atoms with Crippen LogP contribution >= 0.6 is 0 Å². The maximum atomic E-state index is 14.2. The molecule has 2 amide bonds. The van der Waals surface area contributed by atoms with E-state index in [2.05, 4.69) is 15.5 Å². The fourth-order valence-electron chi connectivity index (χ4n) is 4.04. The number of fused-ring (bicyclic) bond motifs is 1. The van der Waals surface area contributed by atoms with Crippen molar-refractivity contribution in [2.24, 2.45) is 5.41 Å². The molecule has 4 rings (SSSR count). The number of benzene rings is 2. The first-order valence-electron chi connectivity index (χ1n) is 10.7. The molecule has 0 unspecified atom stereocenters. The summed E-state index contributed by atoms with van der Waals surface area (Å²) in [5.41, 5.74) is 0.977. The smallest absolute Gasteiger partial charge is 0.272 e. The van der Waals surface area contributed by atoms with Crippen LogP contribution in [0.15, 0.2) is 36.4 Å². The number of amides is 2. The summed E-state index contributed by atoms with van der Waals surface area (Å²) in [4.78, 5) is 27.2. The third-order valence-corrected chi connectivity index (χ3v) is 5.80. The Morgan fingerprint density at radius 3 is 2.53 bits per heavy atom. The first-order valence-corrected chi connectivity index (χ1v) is 10.7. The molecule has 1 saturated heterocycles. The molecular formula is C24H26F2N4O2. The number of aromatic nitrogens is 2. The number of carbonyl (C=O) groups excluding carboxylic acids is 2. The number of likely N-dealkylation sites (tertiary alicyclic amines) is 1. The molecule has 1 aromatic heterocycles. The first kappa shape index (κ1) is 21.9. The van der Waals surface area contributed by atoms with Crippen LogP contribution in [0.1, 0.15) is 44.1 Å².